The lowest BCUT2D eigenvalue weighted by atomic mass is 10.0. The maximum atomic E-state index is 5.79. The van der Waals surface area contributed by atoms with Gasteiger partial charge in [-0.2, -0.15) is 0 Å². The Balaban J connectivity index is 1.95. The summed E-state index contributed by atoms with van der Waals surface area (Å²) in [6.07, 6.45) is 80.4. The van der Waals surface area contributed by atoms with Crippen LogP contribution in [0.3, 0.4) is 0 Å². The van der Waals surface area contributed by atoms with Crippen LogP contribution in [0.4, 0.5) is 0 Å². The van der Waals surface area contributed by atoms with Crippen LogP contribution >= 0.6 is 0 Å². The lowest BCUT2D eigenvalue weighted by Crippen LogP contribution is -2.35. The number of ether oxygens (including phenoxy) is 4. The molecule has 0 radical (unpaired) electrons. The monoisotopic (exact) mass is 1590 g/mol. The number of rotatable bonds is 63. The Labute approximate surface area is 716 Å². The fourth-order valence-electron chi connectivity index (χ4n) is 14.3. The Morgan fingerprint density at radius 1 is 0.207 bits per heavy atom. The van der Waals surface area contributed by atoms with Crippen LogP contribution in [0.1, 0.15) is 355 Å². The highest BCUT2D eigenvalue weighted by atomic mass is 16.5. The van der Waals surface area contributed by atoms with Crippen molar-refractivity contribution in [2.24, 2.45) is 0 Å². The van der Waals surface area contributed by atoms with Crippen molar-refractivity contribution in [3.63, 3.8) is 0 Å². The van der Waals surface area contributed by atoms with E-state index in [1.165, 1.54) is 137 Å². The van der Waals surface area contributed by atoms with E-state index in [9.17, 15) is 0 Å². The van der Waals surface area contributed by atoms with Crippen LogP contribution in [0.15, 0.2) is 246 Å². The zero-order chi connectivity index (χ0) is 85.7. The van der Waals surface area contributed by atoms with Crippen LogP contribution in [0, 0.1) is 0 Å². The molecule has 0 heterocycles. The van der Waals surface area contributed by atoms with E-state index >= 15 is 0 Å². The standard InChI is InChI=1S/C110H172N2O4/c1-87(2)41-25-43-89(5)45-27-47-91(7)49-29-51-93(9)53-31-55-95(11)57-33-59-97(13)61-35-63-99(15)65-37-67-101(17)69-39-71-103(19)77-79-111(85-105-73-75-107(113-21)109(83-105)115-23)81-82-112(86-106-74-76-108(114-22)110(84-106)116-24)80-78-104(20)72-40-70-102(18)68-38-66-100(16)64-36-62-98(14)60-34-58-96(12)56-32-54-94(10)52-30-50-92(8)48-28-46-90(6)44-26-42-88(3)4/h41-42,45-46,49-50,53-54,57-58,61-62,65-66,69-70,73-78,83-84H,25-40,43-44,47-48,51-52,55-56,59-60,63-64,67-68,71-72,79-82,85-86H2,1-24H3/b89-45+,90-46+,91-49+,92-50+,93-53+,94-54+,95-57+,96-58+,97-61+,98-62+,99-65+,100-66+,101-69+,102-70+,103-77+,104-78+. The Hall–Kier alpha value is -7.12. The average Bonchev–Trinajstić information content (AvgIpc) is 0.862. The van der Waals surface area contributed by atoms with Crippen LogP contribution in [0.5, 0.6) is 23.0 Å². The molecule has 0 atom stereocenters. The first kappa shape index (κ1) is 105. The maximum Gasteiger partial charge on any atom is 0.161 e. The van der Waals surface area contributed by atoms with Crippen molar-refractivity contribution in [2.45, 2.75) is 357 Å². The summed E-state index contributed by atoms with van der Waals surface area (Å²) >= 11 is 0. The Morgan fingerprint density at radius 3 is 0.517 bits per heavy atom. The number of hydrogen-bond donors (Lipinski definition) is 0. The van der Waals surface area contributed by atoms with Crippen LogP contribution in [0.2, 0.25) is 0 Å². The van der Waals surface area contributed by atoms with E-state index in [-0.39, 0.29) is 0 Å². The quantitative estimate of drug-likeness (QED) is 0.0615. The van der Waals surface area contributed by atoms with Crippen molar-refractivity contribution in [1.82, 2.24) is 9.80 Å². The van der Waals surface area contributed by atoms with E-state index < -0.39 is 0 Å². The van der Waals surface area contributed by atoms with Gasteiger partial charge in [0.15, 0.2) is 23.0 Å². The first-order chi connectivity index (χ1) is 55.6. The van der Waals surface area contributed by atoms with Gasteiger partial charge in [-0.1, -0.05) is 222 Å². The highest BCUT2D eigenvalue weighted by molar-refractivity contribution is 5.44. The first-order valence-corrected chi connectivity index (χ1v) is 45.2. The first-order valence-electron chi connectivity index (χ1n) is 45.2. The molecule has 0 unspecified atom stereocenters. The molecule has 2 aromatic rings. The van der Waals surface area contributed by atoms with E-state index in [1.54, 1.807) is 28.4 Å². The van der Waals surface area contributed by atoms with Crippen LogP contribution in [-0.2, 0) is 13.1 Å². The SMILES string of the molecule is COc1ccc(CN(C/C=C(\C)CC/C=C(\C)CC/C=C(\C)CC/C=C(\C)CC/C=C(\C)CC/C=C(\C)CC/C=C(\C)CC/C=C(\C)CCC=C(C)C)CCN(C/C=C(\C)CC/C=C(\C)CC/C=C(\C)CC/C=C(\C)CC/C=C(\C)CC/C=C(\C)CC/C=C(\C)CC/C=C(\C)CCC=C(C)C)Cc2ccc(OC)c(OC)c2)cc1OC. The second-order valence-corrected chi connectivity index (χ2v) is 34.8. The molecule has 646 valence electrons. The van der Waals surface area contributed by atoms with Gasteiger partial charge in [-0.15, -0.1) is 0 Å². The van der Waals surface area contributed by atoms with Crippen molar-refractivity contribution in [2.75, 3.05) is 54.6 Å². The normalized spacial score (nSPS) is 14.3. The third-order valence-corrected chi connectivity index (χ3v) is 22.5. The summed E-state index contributed by atoms with van der Waals surface area (Å²) in [6.45, 7) is 50.8. The van der Waals surface area contributed by atoms with E-state index in [1.807, 2.05) is 12.1 Å². The fourth-order valence-corrected chi connectivity index (χ4v) is 14.3. The average molecular weight is 1590 g/mol. The Kier molecular flexibility index (Phi) is 59.5. The van der Waals surface area contributed by atoms with Crippen LogP contribution in [0.25, 0.3) is 0 Å². The molecule has 2 rings (SSSR count). The Bertz CT molecular complexity index is 3470. The minimum Gasteiger partial charge on any atom is -0.493 e. The van der Waals surface area contributed by atoms with Gasteiger partial charge in [0.2, 0.25) is 0 Å². The second kappa shape index (κ2) is 65.8. The minimum atomic E-state index is 0.748. The predicted octanol–water partition coefficient (Wildman–Crippen LogP) is 33.6. The smallest absolute Gasteiger partial charge is 0.161 e. The second-order valence-electron chi connectivity index (χ2n) is 34.8. The molecule has 0 saturated carbocycles. The van der Waals surface area contributed by atoms with Gasteiger partial charge in [0.05, 0.1) is 28.4 Å². The predicted molar refractivity (Wildman–Crippen MR) is 516 cm³/mol. The molecule has 0 aromatic heterocycles. The van der Waals surface area contributed by atoms with Crippen molar-refractivity contribution < 1.29 is 18.9 Å². The van der Waals surface area contributed by atoms with Crippen molar-refractivity contribution >= 4 is 0 Å². The largest absolute Gasteiger partial charge is 0.493 e. The summed E-state index contributed by atoms with van der Waals surface area (Å²) in [4.78, 5) is 5.16. The number of nitrogens with zero attached hydrogens (tertiary/aromatic N) is 2. The zero-order valence-electron chi connectivity index (χ0n) is 79.3. The minimum absolute atomic E-state index is 0.748. The maximum absolute atomic E-state index is 5.79. The molecular weight excluding hydrogens is 1410 g/mol. The van der Waals surface area contributed by atoms with Gasteiger partial charge in [0.25, 0.3) is 0 Å². The summed E-state index contributed by atoms with van der Waals surface area (Å²) in [6, 6.07) is 12.7. The summed E-state index contributed by atoms with van der Waals surface area (Å²) < 4.78 is 22.9. The van der Waals surface area contributed by atoms with Crippen molar-refractivity contribution in [3.05, 3.63) is 257 Å². The van der Waals surface area contributed by atoms with E-state index in [2.05, 4.69) is 282 Å². The zero-order valence-corrected chi connectivity index (χ0v) is 79.3. The number of hydrogen-bond acceptors (Lipinski definition) is 6. The summed E-state index contributed by atoms with van der Waals surface area (Å²) in [5.74, 6) is 3.01. The molecule has 0 aliphatic rings. The third-order valence-electron chi connectivity index (χ3n) is 22.5. The van der Waals surface area contributed by atoms with Gasteiger partial charge in [-0.05, 0) is 379 Å². The van der Waals surface area contributed by atoms with Crippen molar-refractivity contribution in [1.29, 1.82) is 0 Å². The molecule has 0 bridgehead atoms. The van der Waals surface area contributed by atoms with E-state index in [0.717, 1.165) is 242 Å². The van der Waals surface area contributed by atoms with Gasteiger partial charge >= 0.3 is 0 Å². The van der Waals surface area contributed by atoms with E-state index in [4.69, 9.17) is 18.9 Å². The molecule has 0 spiro atoms. The number of allylic oxidation sites excluding steroid dienone is 34. The molecular formula is C110H172N2O4. The molecule has 0 aliphatic carbocycles. The lowest BCUT2D eigenvalue weighted by Gasteiger charge is -2.27. The fraction of sp³-hybridized carbons (Fsp3) is 0.564. The van der Waals surface area contributed by atoms with E-state index in [0.29, 0.717) is 0 Å². The summed E-state index contributed by atoms with van der Waals surface area (Å²) in [5, 5.41) is 0. The molecule has 2 aromatic carbocycles. The van der Waals surface area contributed by atoms with Gasteiger partial charge < -0.3 is 18.9 Å². The number of benzene rings is 2. The van der Waals surface area contributed by atoms with Gasteiger partial charge in [0, 0.05) is 39.3 Å². The van der Waals surface area contributed by atoms with Crippen LogP contribution in [-0.4, -0.2) is 64.4 Å². The molecule has 6 nitrogen and oxygen atoms in total. The van der Waals surface area contributed by atoms with Crippen molar-refractivity contribution in [3.8, 4) is 23.0 Å². The molecule has 6 heteroatoms. The highest BCUT2D eigenvalue weighted by Crippen LogP contribution is 2.31. The third kappa shape index (κ3) is 56.3. The number of methoxy groups -OCH3 is 4. The van der Waals surface area contributed by atoms with Gasteiger partial charge in [-0.3, -0.25) is 9.80 Å². The Morgan fingerprint density at radius 2 is 0.362 bits per heavy atom. The molecule has 0 saturated heterocycles. The molecule has 0 amide bonds. The molecule has 0 N–H and O–H groups in total. The van der Waals surface area contributed by atoms with Gasteiger partial charge in [-0.25, -0.2) is 0 Å². The molecule has 0 fully saturated rings. The highest BCUT2D eigenvalue weighted by Gasteiger charge is 2.15. The lowest BCUT2D eigenvalue weighted by molar-refractivity contribution is 0.216. The topological polar surface area (TPSA) is 43.4 Å². The summed E-state index contributed by atoms with van der Waals surface area (Å²) in [5.41, 5.74) is 29.2. The summed E-state index contributed by atoms with van der Waals surface area (Å²) in [7, 11) is 6.85. The van der Waals surface area contributed by atoms with Crippen LogP contribution < -0.4 is 18.9 Å². The molecule has 116 heavy (non-hydrogen) atoms. The van der Waals surface area contributed by atoms with Gasteiger partial charge in [0.1, 0.15) is 0 Å². The molecule has 0 aliphatic heterocycles.